The molecule has 0 aliphatic rings. The van der Waals surface area contributed by atoms with Crippen LogP contribution < -0.4 is 5.43 Å². The second-order valence-corrected chi connectivity index (χ2v) is 4.93. The summed E-state index contributed by atoms with van der Waals surface area (Å²) in [6.45, 7) is 5.33. The molecule has 17 heavy (non-hydrogen) atoms. The van der Waals surface area contributed by atoms with E-state index in [1.54, 1.807) is 6.20 Å². The van der Waals surface area contributed by atoms with Crippen LogP contribution in [0.2, 0.25) is 0 Å². The molecule has 0 unspecified atom stereocenters. The number of fused-ring (bicyclic) bond motifs is 1. The maximum atomic E-state index is 5.32. The van der Waals surface area contributed by atoms with Gasteiger partial charge < -0.3 is 5.43 Å². The van der Waals surface area contributed by atoms with Crippen LogP contribution in [0, 0.1) is 10.6 Å². The van der Waals surface area contributed by atoms with E-state index in [9.17, 15) is 0 Å². The van der Waals surface area contributed by atoms with Crippen LogP contribution in [-0.2, 0) is 0 Å². The number of nitrogens with zero attached hydrogens (tertiary/aromatic N) is 2. The van der Waals surface area contributed by atoms with Gasteiger partial charge in [0, 0.05) is 18.1 Å². The van der Waals surface area contributed by atoms with Gasteiger partial charge in [0.2, 0.25) is 0 Å². The summed E-state index contributed by atoms with van der Waals surface area (Å²) in [4.78, 5) is 4.37. The molecule has 2 heterocycles. The lowest BCUT2D eigenvalue weighted by atomic mass is 10.1. The lowest BCUT2D eigenvalue weighted by molar-refractivity contribution is 0.589. The smallest absolute Gasteiger partial charge is 0.159 e. The molecule has 2 rings (SSSR count). The molecular formula is C13H17N3S. The van der Waals surface area contributed by atoms with E-state index in [0.29, 0.717) is 5.92 Å². The first-order chi connectivity index (χ1) is 8.18. The van der Waals surface area contributed by atoms with Gasteiger partial charge in [0.05, 0.1) is 0 Å². The zero-order chi connectivity index (χ0) is 12.3. The Kier molecular flexibility index (Phi) is 3.74. The van der Waals surface area contributed by atoms with Crippen molar-refractivity contribution in [3.63, 3.8) is 0 Å². The van der Waals surface area contributed by atoms with Crippen LogP contribution in [-0.4, -0.2) is 16.2 Å². The van der Waals surface area contributed by atoms with Gasteiger partial charge >= 0.3 is 0 Å². The van der Waals surface area contributed by atoms with Crippen molar-refractivity contribution >= 4 is 23.3 Å². The Labute approximate surface area is 106 Å². The molecule has 0 saturated heterocycles. The van der Waals surface area contributed by atoms with Gasteiger partial charge in [0.25, 0.3) is 0 Å². The average Bonchev–Trinajstić information content (AvgIpc) is 2.32. The molecule has 0 amide bonds. The van der Waals surface area contributed by atoms with Crippen LogP contribution in [0.5, 0.6) is 0 Å². The largest absolute Gasteiger partial charge is 0.323 e. The van der Waals surface area contributed by atoms with Crippen molar-refractivity contribution in [2.24, 2.45) is 5.92 Å². The number of rotatable bonds is 4. The summed E-state index contributed by atoms with van der Waals surface area (Å²) in [5.74, 6) is 0.680. The van der Waals surface area contributed by atoms with Crippen LogP contribution in [0.25, 0.3) is 11.0 Å². The monoisotopic (exact) mass is 247 g/mol. The molecule has 0 saturated carbocycles. The minimum atomic E-state index is 0.680. The second kappa shape index (κ2) is 5.27. The van der Waals surface area contributed by atoms with Crippen LogP contribution >= 0.6 is 12.2 Å². The molecular weight excluding hydrogens is 230 g/mol. The fourth-order valence-electron chi connectivity index (χ4n) is 1.68. The fraction of sp³-hybridized carbons (Fsp3) is 0.385. The molecule has 3 nitrogen and oxygen atoms in total. The van der Waals surface area contributed by atoms with Gasteiger partial charge in [-0.3, -0.25) is 0 Å². The molecule has 2 aromatic heterocycles. The van der Waals surface area contributed by atoms with E-state index in [1.807, 2.05) is 28.9 Å². The van der Waals surface area contributed by atoms with Crippen molar-refractivity contribution in [1.82, 2.24) is 9.66 Å². The summed E-state index contributed by atoms with van der Waals surface area (Å²) in [6.07, 6.45) is 2.91. The average molecular weight is 247 g/mol. The maximum absolute atomic E-state index is 5.32. The normalized spacial score (nSPS) is 11.0. The summed E-state index contributed by atoms with van der Waals surface area (Å²) in [6, 6.07) is 7.91. The molecule has 90 valence electrons. The number of hydrogen-bond donors (Lipinski definition) is 1. The first-order valence-electron chi connectivity index (χ1n) is 5.89. The third-order valence-electron chi connectivity index (χ3n) is 2.65. The van der Waals surface area contributed by atoms with Crippen molar-refractivity contribution in [2.75, 3.05) is 12.0 Å². The summed E-state index contributed by atoms with van der Waals surface area (Å²) < 4.78 is 2.66. The molecule has 0 aromatic carbocycles. The number of pyridine rings is 2. The molecule has 0 radical (unpaired) electrons. The van der Waals surface area contributed by atoms with Crippen molar-refractivity contribution in [3.8, 4) is 0 Å². The van der Waals surface area contributed by atoms with Crippen LogP contribution in [0.1, 0.15) is 20.3 Å². The van der Waals surface area contributed by atoms with Crippen molar-refractivity contribution in [2.45, 2.75) is 20.3 Å². The van der Waals surface area contributed by atoms with Crippen molar-refractivity contribution in [3.05, 3.63) is 35.1 Å². The van der Waals surface area contributed by atoms with Crippen LogP contribution in [0.4, 0.5) is 0 Å². The highest BCUT2D eigenvalue weighted by molar-refractivity contribution is 7.71. The lowest BCUT2D eigenvalue weighted by Gasteiger charge is -2.13. The highest BCUT2D eigenvalue weighted by Crippen LogP contribution is 2.10. The van der Waals surface area contributed by atoms with E-state index in [1.165, 1.54) is 0 Å². The number of aromatic nitrogens is 2. The second-order valence-electron chi connectivity index (χ2n) is 4.51. The fourth-order valence-corrected chi connectivity index (χ4v) is 1.90. The predicted octanol–water partition coefficient (Wildman–Crippen LogP) is 3.36. The molecule has 0 atom stereocenters. The Morgan fingerprint density at radius 2 is 2.18 bits per heavy atom. The van der Waals surface area contributed by atoms with E-state index in [0.717, 1.165) is 28.6 Å². The summed E-state index contributed by atoms with van der Waals surface area (Å²) in [5.41, 5.74) is 4.23. The molecule has 1 N–H and O–H groups in total. The summed E-state index contributed by atoms with van der Waals surface area (Å²) in [7, 11) is 0. The third kappa shape index (κ3) is 2.82. The van der Waals surface area contributed by atoms with E-state index in [-0.39, 0.29) is 0 Å². The van der Waals surface area contributed by atoms with E-state index in [4.69, 9.17) is 12.2 Å². The third-order valence-corrected chi connectivity index (χ3v) is 2.96. The topological polar surface area (TPSA) is 29.9 Å². The number of nitrogens with one attached hydrogen (secondary N) is 1. The first kappa shape index (κ1) is 12.0. The molecule has 0 aliphatic heterocycles. The van der Waals surface area contributed by atoms with Gasteiger partial charge in [-0.2, -0.15) is 0 Å². The van der Waals surface area contributed by atoms with E-state index in [2.05, 4.69) is 24.3 Å². The molecule has 4 heteroatoms. The molecule has 0 bridgehead atoms. The Balaban J connectivity index is 2.31. The zero-order valence-corrected chi connectivity index (χ0v) is 11.0. The quantitative estimate of drug-likeness (QED) is 0.840. The highest BCUT2D eigenvalue weighted by Gasteiger charge is 2.01. The number of hydrogen-bond acceptors (Lipinski definition) is 3. The predicted molar refractivity (Wildman–Crippen MR) is 74.2 cm³/mol. The molecule has 0 fully saturated rings. The summed E-state index contributed by atoms with van der Waals surface area (Å²) in [5, 5.41) is 1.10. The van der Waals surface area contributed by atoms with Crippen molar-refractivity contribution < 1.29 is 0 Å². The Morgan fingerprint density at radius 1 is 1.35 bits per heavy atom. The van der Waals surface area contributed by atoms with Gasteiger partial charge in [0.15, 0.2) is 5.65 Å². The van der Waals surface area contributed by atoms with Crippen LogP contribution in [0.3, 0.4) is 0 Å². The zero-order valence-electron chi connectivity index (χ0n) is 10.2. The standard InChI is InChI=1S/C13H17N3S/c1-10(2)7-9-15-16-12(17)6-5-11-4-3-8-14-13(11)16/h3-6,8,10,15H,7,9H2,1-2H3. The first-order valence-corrected chi connectivity index (χ1v) is 6.30. The maximum Gasteiger partial charge on any atom is 0.159 e. The van der Waals surface area contributed by atoms with Crippen LogP contribution in [0.15, 0.2) is 30.5 Å². The summed E-state index contributed by atoms with van der Waals surface area (Å²) >= 11 is 5.32. The van der Waals surface area contributed by atoms with E-state index < -0.39 is 0 Å². The van der Waals surface area contributed by atoms with Gasteiger partial charge in [-0.05, 0) is 36.6 Å². The molecule has 0 aliphatic carbocycles. The Morgan fingerprint density at radius 3 is 2.94 bits per heavy atom. The SMILES string of the molecule is CC(C)CCNn1c(=S)ccc2cccnc21. The minimum Gasteiger partial charge on any atom is -0.323 e. The van der Waals surface area contributed by atoms with Gasteiger partial charge in [-0.1, -0.05) is 26.1 Å². The lowest BCUT2D eigenvalue weighted by Crippen LogP contribution is -2.19. The molecule has 2 aromatic rings. The molecule has 0 spiro atoms. The van der Waals surface area contributed by atoms with Gasteiger partial charge in [-0.25, -0.2) is 9.66 Å². The Hall–Kier alpha value is -1.42. The Bertz CT molecular complexity index is 560. The van der Waals surface area contributed by atoms with E-state index >= 15 is 0 Å². The highest BCUT2D eigenvalue weighted by atomic mass is 32.1. The van der Waals surface area contributed by atoms with Gasteiger partial charge in [0.1, 0.15) is 4.64 Å². The minimum absolute atomic E-state index is 0.680. The van der Waals surface area contributed by atoms with Crippen molar-refractivity contribution in [1.29, 1.82) is 0 Å². The van der Waals surface area contributed by atoms with Gasteiger partial charge in [-0.15, -0.1) is 0 Å².